The van der Waals surface area contributed by atoms with Crippen LogP contribution in [0, 0.1) is 0 Å². The second-order valence-corrected chi connectivity index (χ2v) is 21.5. The Balaban J connectivity index is 2.68. The minimum absolute atomic E-state index is 0.0665. The van der Waals surface area contributed by atoms with Gasteiger partial charge in [0.25, 0.3) is 0 Å². The summed E-state index contributed by atoms with van der Waals surface area (Å²) in [6, 6.07) is -1.05. The summed E-state index contributed by atoms with van der Waals surface area (Å²) < 4.78 is 17.6. The highest BCUT2D eigenvalue weighted by Crippen LogP contribution is 2.26. The van der Waals surface area contributed by atoms with Crippen LogP contribution in [0.1, 0.15) is 233 Å². The van der Waals surface area contributed by atoms with Gasteiger partial charge in [0.1, 0.15) is 24.4 Å². The van der Waals surface area contributed by atoms with Gasteiger partial charge in [0.05, 0.1) is 25.4 Å². The molecule has 1 aliphatic rings. The normalized spacial score (nSPS) is 19.6. The highest BCUT2D eigenvalue weighted by Gasteiger charge is 2.47. The number of carbonyl (C=O) groups is 2. The van der Waals surface area contributed by atoms with Crippen molar-refractivity contribution in [2.24, 2.45) is 0 Å². The largest absolute Gasteiger partial charge is 0.454 e. The second-order valence-electron chi connectivity index (χ2n) is 21.5. The number of nitrogens with one attached hydrogen (secondary N) is 1. The van der Waals surface area contributed by atoms with Gasteiger partial charge in [0.15, 0.2) is 12.4 Å². The van der Waals surface area contributed by atoms with E-state index in [1.807, 2.05) is 54.7 Å². The molecule has 0 saturated carbocycles. The van der Waals surface area contributed by atoms with Crippen LogP contribution < -0.4 is 5.32 Å². The number of rotatable bonds is 52. The monoisotopic (exact) mass is 1130 g/mol. The van der Waals surface area contributed by atoms with Crippen LogP contribution in [-0.2, 0) is 23.8 Å². The first-order valence-corrected chi connectivity index (χ1v) is 32.0. The smallest absolute Gasteiger partial charge is 0.306 e. The van der Waals surface area contributed by atoms with E-state index in [9.17, 15) is 35.1 Å². The number of amides is 1. The van der Waals surface area contributed by atoms with E-state index in [4.69, 9.17) is 14.2 Å². The molecular formula is C70H115NO10. The standard InChI is InChI=1S/C70H115NO10/c1-4-7-10-13-16-19-22-25-27-28-29-30-31-32-33-34-35-37-39-42-45-48-51-54-57-63(74)69(78)71-61(62(73)56-53-50-47-44-41-38-24-21-18-15-12-9-6-3)60-79-70-68(67(77)66(76)64(59-72)80-70)81-65(75)58-55-52-49-46-43-40-36-26-23-20-17-14-11-8-5-2/h7-8,10-11,14,16-17,19-20,23,25-27,29-30,32-33,36,40,43,53,56,61-64,66-68,70,72-74,76-77H,4-6,9,12-13,15,18,21-22,24,28,31,34-35,37-39,41-42,44-52,54-55,57-60H2,1-3H3,(H,71,78)/b10-7-,11-8+,17-14+,19-16-,23-20-,27-25-,30-29-,33-32-,36-26-,43-40+,56-53+. The zero-order chi connectivity index (χ0) is 58.9. The number of unbranched alkanes of at least 4 members (excludes halogenated alkanes) is 22. The van der Waals surface area contributed by atoms with Gasteiger partial charge in [0, 0.05) is 6.42 Å². The van der Waals surface area contributed by atoms with Crippen molar-refractivity contribution < 1.29 is 49.3 Å². The molecule has 0 aromatic rings. The molecule has 0 radical (unpaired) electrons. The SMILES string of the molecule is CC/C=C\C/C=C\C/C=C\C/C=C\C/C=C\CCCCCCCCCCC(O)C(=O)NC(COC1OC(CO)C(O)C(O)C1OC(=O)CCCCC/C=C/C=C\C=C/C=C/C=C/CC)C(O)/C=C/CCCCCCCCCCCCC. The fraction of sp³-hybridized carbons (Fsp3) is 0.657. The topological polar surface area (TPSA) is 175 Å². The van der Waals surface area contributed by atoms with Crippen LogP contribution >= 0.6 is 0 Å². The van der Waals surface area contributed by atoms with E-state index in [1.165, 1.54) is 70.6 Å². The minimum Gasteiger partial charge on any atom is -0.454 e. The molecule has 460 valence electrons. The van der Waals surface area contributed by atoms with Crippen molar-refractivity contribution in [2.45, 2.75) is 282 Å². The van der Waals surface area contributed by atoms with Crippen LogP contribution in [0.5, 0.6) is 0 Å². The molecule has 81 heavy (non-hydrogen) atoms. The first-order valence-electron chi connectivity index (χ1n) is 32.0. The summed E-state index contributed by atoms with van der Waals surface area (Å²) >= 11 is 0. The third-order valence-corrected chi connectivity index (χ3v) is 14.2. The van der Waals surface area contributed by atoms with Gasteiger partial charge in [-0.25, -0.2) is 0 Å². The van der Waals surface area contributed by atoms with Gasteiger partial charge in [-0.1, -0.05) is 270 Å². The lowest BCUT2D eigenvalue weighted by Gasteiger charge is -2.41. The lowest BCUT2D eigenvalue weighted by atomic mass is 9.99. The lowest BCUT2D eigenvalue weighted by molar-refractivity contribution is -0.305. The van der Waals surface area contributed by atoms with Gasteiger partial charge in [0.2, 0.25) is 5.91 Å². The van der Waals surface area contributed by atoms with Crippen LogP contribution in [0.3, 0.4) is 0 Å². The van der Waals surface area contributed by atoms with Crippen LogP contribution in [0.15, 0.2) is 134 Å². The molecular weight excluding hydrogens is 1010 g/mol. The number of ether oxygens (including phenoxy) is 3. The number of aliphatic hydroxyl groups is 5. The highest BCUT2D eigenvalue weighted by atomic mass is 16.7. The number of aliphatic hydroxyl groups excluding tert-OH is 5. The molecule has 8 atom stereocenters. The maximum absolute atomic E-state index is 13.5. The molecule has 1 rings (SSSR count). The Morgan fingerprint density at radius 2 is 0.951 bits per heavy atom. The quantitative estimate of drug-likeness (QED) is 0.0149. The number of hydrogen-bond acceptors (Lipinski definition) is 10. The Kier molecular flexibility index (Phi) is 52.0. The average molecular weight is 1130 g/mol. The first kappa shape index (κ1) is 74.8. The first-order chi connectivity index (χ1) is 39.7. The maximum Gasteiger partial charge on any atom is 0.306 e. The van der Waals surface area contributed by atoms with Gasteiger partial charge in [-0.2, -0.15) is 0 Å². The molecule has 0 aromatic carbocycles. The van der Waals surface area contributed by atoms with E-state index >= 15 is 0 Å². The van der Waals surface area contributed by atoms with E-state index in [0.29, 0.717) is 12.8 Å². The van der Waals surface area contributed by atoms with Crippen molar-refractivity contribution in [3.8, 4) is 0 Å². The minimum atomic E-state index is -1.64. The van der Waals surface area contributed by atoms with Crippen molar-refractivity contribution >= 4 is 11.9 Å². The van der Waals surface area contributed by atoms with Crippen molar-refractivity contribution in [2.75, 3.05) is 13.2 Å². The molecule has 1 heterocycles. The summed E-state index contributed by atoms with van der Waals surface area (Å²) in [5.74, 6) is -1.25. The fourth-order valence-electron chi connectivity index (χ4n) is 9.17. The third kappa shape index (κ3) is 44.1. The van der Waals surface area contributed by atoms with Crippen LogP contribution in [0.2, 0.25) is 0 Å². The molecule has 0 spiro atoms. The van der Waals surface area contributed by atoms with Crippen molar-refractivity contribution in [1.29, 1.82) is 0 Å². The predicted octanol–water partition coefficient (Wildman–Crippen LogP) is 15.6. The van der Waals surface area contributed by atoms with Crippen molar-refractivity contribution in [3.63, 3.8) is 0 Å². The molecule has 11 nitrogen and oxygen atoms in total. The Hall–Kier alpha value is -4.20. The number of allylic oxidation sites excluding steroid dienone is 21. The van der Waals surface area contributed by atoms with Crippen LogP contribution in [0.4, 0.5) is 0 Å². The molecule has 1 amide bonds. The molecule has 0 aliphatic carbocycles. The average Bonchev–Trinajstić information content (AvgIpc) is 3.46. The van der Waals surface area contributed by atoms with Gasteiger partial charge < -0.3 is 45.1 Å². The molecule has 11 heteroatoms. The summed E-state index contributed by atoms with van der Waals surface area (Å²) in [6.07, 6.45) is 69.1. The number of esters is 1. The molecule has 6 N–H and O–H groups in total. The Labute approximate surface area is 493 Å². The second kappa shape index (κ2) is 56.3. The summed E-state index contributed by atoms with van der Waals surface area (Å²) in [4.78, 5) is 26.6. The van der Waals surface area contributed by atoms with E-state index in [-0.39, 0.29) is 19.4 Å². The predicted molar refractivity (Wildman–Crippen MR) is 337 cm³/mol. The summed E-state index contributed by atoms with van der Waals surface area (Å²) in [5.41, 5.74) is 0. The van der Waals surface area contributed by atoms with Crippen molar-refractivity contribution in [1.82, 2.24) is 5.32 Å². The molecule has 8 unspecified atom stereocenters. The lowest BCUT2D eigenvalue weighted by Crippen LogP contribution is -2.61. The Morgan fingerprint density at radius 3 is 1.48 bits per heavy atom. The zero-order valence-electron chi connectivity index (χ0n) is 50.8. The van der Waals surface area contributed by atoms with E-state index < -0.39 is 67.4 Å². The van der Waals surface area contributed by atoms with Crippen LogP contribution in [0.25, 0.3) is 0 Å². The van der Waals surface area contributed by atoms with E-state index in [1.54, 1.807) is 6.08 Å². The van der Waals surface area contributed by atoms with Crippen molar-refractivity contribution in [3.05, 3.63) is 134 Å². The third-order valence-electron chi connectivity index (χ3n) is 14.2. The molecule has 1 aliphatic heterocycles. The summed E-state index contributed by atoms with van der Waals surface area (Å²) in [5, 5.41) is 57.0. The molecule has 1 saturated heterocycles. The van der Waals surface area contributed by atoms with E-state index in [0.717, 1.165) is 116 Å². The Morgan fingerprint density at radius 1 is 0.506 bits per heavy atom. The molecule has 0 bridgehead atoms. The molecule has 1 fully saturated rings. The molecule has 0 aromatic heterocycles. The van der Waals surface area contributed by atoms with Gasteiger partial charge in [-0.15, -0.1) is 0 Å². The maximum atomic E-state index is 13.5. The van der Waals surface area contributed by atoms with Gasteiger partial charge in [-0.05, 0) is 89.9 Å². The summed E-state index contributed by atoms with van der Waals surface area (Å²) in [6.45, 7) is 5.50. The Bertz CT molecular complexity index is 1830. The fourth-order valence-corrected chi connectivity index (χ4v) is 9.17. The number of hydrogen-bond donors (Lipinski definition) is 6. The zero-order valence-corrected chi connectivity index (χ0v) is 50.8. The van der Waals surface area contributed by atoms with Crippen LogP contribution in [-0.4, -0.2) is 99.6 Å². The number of carbonyl (C=O) groups excluding carboxylic acids is 2. The highest BCUT2D eigenvalue weighted by molar-refractivity contribution is 5.80. The van der Waals surface area contributed by atoms with E-state index in [2.05, 4.69) is 99.0 Å². The van der Waals surface area contributed by atoms with Gasteiger partial charge in [-0.3, -0.25) is 9.59 Å². The summed E-state index contributed by atoms with van der Waals surface area (Å²) in [7, 11) is 0. The van der Waals surface area contributed by atoms with Gasteiger partial charge >= 0.3 is 5.97 Å².